The lowest BCUT2D eigenvalue weighted by molar-refractivity contribution is -0.137. The second-order valence-corrected chi connectivity index (χ2v) is 8.47. The maximum absolute atomic E-state index is 14.5. The van der Waals surface area contributed by atoms with E-state index >= 15 is 0 Å². The third kappa shape index (κ3) is 4.98. The van der Waals surface area contributed by atoms with E-state index in [0.29, 0.717) is 29.0 Å². The van der Waals surface area contributed by atoms with E-state index in [4.69, 9.17) is 0 Å². The Morgan fingerprint density at radius 2 is 1.82 bits per heavy atom. The first-order chi connectivity index (χ1) is 18.1. The molecule has 5 rings (SSSR count). The predicted octanol–water partition coefficient (Wildman–Crippen LogP) is 5.86. The molecular formula is C24H14F5N7OS. The summed E-state index contributed by atoms with van der Waals surface area (Å²) in [6.45, 7) is 0. The summed E-state index contributed by atoms with van der Waals surface area (Å²) < 4.78 is 76.1. The van der Waals surface area contributed by atoms with E-state index in [2.05, 4.69) is 29.0 Å². The molecule has 192 valence electrons. The summed E-state index contributed by atoms with van der Waals surface area (Å²) in [5.74, 6) is -2.76. The van der Waals surface area contributed by atoms with Crippen molar-refractivity contribution in [1.29, 1.82) is 0 Å². The van der Waals surface area contributed by atoms with Crippen LogP contribution in [0.25, 0.3) is 22.4 Å². The molecule has 0 atom stereocenters. The third-order valence-electron chi connectivity index (χ3n) is 5.42. The van der Waals surface area contributed by atoms with E-state index in [-0.39, 0.29) is 28.6 Å². The van der Waals surface area contributed by atoms with Crippen molar-refractivity contribution in [2.75, 3.05) is 17.3 Å². The second-order valence-electron chi connectivity index (χ2n) is 7.94. The highest BCUT2D eigenvalue weighted by Crippen LogP contribution is 2.32. The zero-order chi connectivity index (χ0) is 27.0. The number of pyridine rings is 1. The van der Waals surface area contributed by atoms with Crippen molar-refractivity contribution < 1.29 is 26.7 Å². The van der Waals surface area contributed by atoms with Crippen LogP contribution in [-0.2, 0) is 6.18 Å². The normalized spacial score (nSPS) is 11.5. The molecule has 3 aromatic heterocycles. The van der Waals surface area contributed by atoms with Gasteiger partial charge in [0.2, 0.25) is 0 Å². The minimum Gasteiger partial charge on any atom is -0.327 e. The summed E-state index contributed by atoms with van der Waals surface area (Å²) in [7, 11) is 1.40. The zero-order valence-corrected chi connectivity index (χ0v) is 20.0. The van der Waals surface area contributed by atoms with E-state index in [9.17, 15) is 26.7 Å². The molecule has 0 radical (unpaired) electrons. The molecule has 8 nitrogen and oxygen atoms in total. The van der Waals surface area contributed by atoms with Gasteiger partial charge in [0.25, 0.3) is 5.91 Å². The maximum Gasteiger partial charge on any atom is 0.417 e. The van der Waals surface area contributed by atoms with Gasteiger partial charge in [-0.1, -0.05) is 6.07 Å². The minimum atomic E-state index is -4.69. The van der Waals surface area contributed by atoms with E-state index in [1.165, 1.54) is 18.0 Å². The quantitative estimate of drug-likeness (QED) is 0.277. The molecule has 38 heavy (non-hydrogen) atoms. The van der Waals surface area contributed by atoms with Gasteiger partial charge in [0, 0.05) is 37.1 Å². The number of alkyl halides is 3. The van der Waals surface area contributed by atoms with Crippen molar-refractivity contribution in [2.24, 2.45) is 0 Å². The molecule has 1 amide bonds. The van der Waals surface area contributed by atoms with E-state index < -0.39 is 29.3 Å². The maximum atomic E-state index is 14.5. The fraction of sp³-hybridized carbons (Fsp3) is 0.0833. The van der Waals surface area contributed by atoms with Crippen LogP contribution in [0.4, 0.5) is 39.1 Å². The van der Waals surface area contributed by atoms with Crippen molar-refractivity contribution in [1.82, 2.24) is 23.7 Å². The number of benzene rings is 2. The highest BCUT2D eigenvalue weighted by molar-refractivity contribution is 7.00. The first-order valence-electron chi connectivity index (χ1n) is 10.7. The standard InChI is InChI=1S/C24H14F5N7OS/c1-36(19-6-5-14(25)8-15(19)26)20-9-18(23(37)32-16-3-2-4-17-21(16)35-38-34-17)31-22(33-20)12-7-13(11-30-10-12)24(27,28)29/h2-11H,1H3,(H,32,37). The van der Waals surface area contributed by atoms with Gasteiger partial charge in [0.15, 0.2) is 5.82 Å². The first-order valence-corrected chi connectivity index (χ1v) is 11.5. The van der Waals surface area contributed by atoms with Crippen LogP contribution in [0.2, 0.25) is 0 Å². The molecule has 0 aliphatic heterocycles. The number of carbonyl (C=O) groups excluding carboxylic acids is 1. The summed E-state index contributed by atoms with van der Waals surface area (Å²) >= 11 is 0.955. The molecule has 0 aliphatic carbocycles. The Morgan fingerprint density at radius 3 is 2.58 bits per heavy atom. The molecule has 0 aliphatic rings. The van der Waals surface area contributed by atoms with Crippen LogP contribution in [0.15, 0.2) is 60.9 Å². The number of halogens is 5. The number of hydrogen-bond acceptors (Lipinski definition) is 8. The Labute approximate surface area is 215 Å². The van der Waals surface area contributed by atoms with Crippen molar-refractivity contribution in [3.8, 4) is 11.4 Å². The molecule has 0 spiro atoms. The number of carbonyl (C=O) groups is 1. The average Bonchev–Trinajstić information content (AvgIpc) is 3.38. The molecule has 0 unspecified atom stereocenters. The van der Waals surface area contributed by atoms with E-state index in [1.54, 1.807) is 18.2 Å². The van der Waals surface area contributed by atoms with Gasteiger partial charge in [0.1, 0.15) is 34.2 Å². The van der Waals surface area contributed by atoms with Gasteiger partial charge in [-0.05, 0) is 30.3 Å². The van der Waals surface area contributed by atoms with Crippen LogP contribution in [0.1, 0.15) is 16.1 Å². The lowest BCUT2D eigenvalue weighted by atomic mass is 10.2. The van der Waals surface area contributed by atoms with Crippen molar-refractivity contribution in [3.63, 3.8) is 0 Å². The molecule has 14 heteroatoms. The Hall–Kier alpha value is -4.59. The van der Waals surface area contributed by atoms with Crippen molar-refractivity contribution >= 4 is 45.9 Å². The average molecular weight is 543 g/mol. The summed E-state index contributed by atoms with van der Waals surface area (Å²) in [4.78, 5) is 26.5. The van der Waals surface area contributed by atoms with Crippen LogP contribution >= 0.6 is 11.7 Å². The monoisotopic (exact) mass is 543 g/mol. The number of amides is 1. The molecule has 3 heterocycles. The highest BCUT2D eigenvalue weighted by atomic mass is 32.1. The Kier molecular flexibility index (Phi) is 6.40. The van der Waals surface area contributed by atoms with Gasteiger partial charge >= 0.3 is 6.18 Å². The van der Waals surface area contributed by atoms with Crippen molar-refractivity contribution in [3.05, 3.63) is 83.8 Å². The van der Waals surface area contributed by atoms with Crippen LogP contribution in [0.5, 0.6) is 0 Å². The molecule has 2 aromatic carbocycles. The lowest BCUT2D eigenvalue weighted by Gasteiger charge is -2.20. The Bertz CT molecular complexity index is 1670. The summed E-state index contributed by atoms with van der Waals surface area (Å²) in [6.07, 6.45) is -2.94. The van der Waals surface area contributed by atoms with Gasteiger partial charge in [-0.2, -0.15) is 21.9 Å². The first kappa shape index (κ1) is 25.1. The van der Waals surface area contributed by atoms with Crippen LogP contribution in [0.3, 0.4) is 0 Å². The van der Waals surface area contributed by atoms with Gasteiger partial charge < -0.3 is 10.2 Å². The SMILES string of the molecule is CN(c1cc(C(=O)Nc2cccc3nsnc23)nc(-c2cncc(C(F)(F)F)c2)n1)c1ccc(F)cc1F. The van der Waals surface area contributed by atoms with Crippen molar-refractivity contribution in [2.45, 2.75) is 6.18 Å². The van der Waals surface area contributed by atoms with Gasteiger partial charge in [-0.3, -0.25) is 9.78 Å². The number of anilines is 3. The molecule has 1 N–H and O–H groups in total. The third-order valence-corrected chi connectivity index (χ3v) is 5.96. The molecule has 0 saturated heterocycles. The molecule has 0 bridgehead atoms. The largest absolute Gasteiger partial charge is 0.417 e. The number of nitrogens with zero attached hydrogens (tertiary/aromatic N) is 6. The lowest BCUT2D eigenvalue weighted by Crippen LogP contribution is -2.19. The Morgan fingerprint density at radius 1 is 1.00 bits per heavy atom. The van der Waals surface area contributed by atoms with Gasteiger partial charge in [0.05, 0.1) is 28.7 Å². The summed E-state index contributed by atoms with van der Waals surface area (Å²) in [5, 5.41) is 2.66. The molecule has 5 aromatic rings. The number of aromatic nitrogens is 5. The van der Waals surface area contributed by atoms with Gasteiger partial charge in [-0.25, -0.2) is 18.7 Å². The number of fused-ring (bicyclic) bond motifs is 1. The molecular weight excluding hydrogens is 529 g/mol. The second kappa shape index (κ2) is 9.70. The highest BCUT2D eigenvalue weighted by Gasteiger charge is 2.31. The number of rotatable bonds is 5. The summed E-state index contributed by atoms with van der Waals surface area (Å²) in [5.41, 5.74) is -0.182. The van der Waals surface area contributed by atoms with E-state index in [0.717, 1.165) is 36.1 Å². The summed E-state index contributed by atoms with van der Waals surface area (Å²) in [6, 6.07) is 9.84. The van der Waals surface area contributed by atoms with Crippen LogP contribution in [-0.4, -0.2) is 36.7 Å². The smallest absolute Gasteiger partial charge is 0.327 e. The number of hydrogen-bond donors (Lipinski definition) is 1. The molecule has 0 fully saturated rings. The van der Waals surface area contributed by atoms with E-state index in [1.807, 2.05) is 0 Å². The van der Waals surface area contributed by atoms with Gasteiger partial charge in [-0.15, -0.1) is 0 Å². The predicted molar refractivity (Wildman–Crippen MR) is 130 cm³/mol. The molecule has 0 saturated carbocycles. The fourth-order valence-electron chi connectivity index (χ4n) is 3.54. The Balaban J connectivity index is 1.61. The topological polar surface area (TPSA) is 96.8 Å². The van der Waals surface area contributed by atoms with Crippen LogP contribution in [0, 0.1) is 11.6 Å². The zero-order valence-electron chi connectivity index (χ0n) is 19.2. The number of nitrogens with one attached hydrogen (secondary N) is 1. The van der Waals surface area contributed by atoms with Crippen LogP contribution < -0.4 is 10.2 Å². The fourth-order valence-corrected chi connectivity index (χ4v) is 4.09. The minimum absolute atomic E-state index is 0.0448.